The van der Waals surface area contributed by atoms with Crippen LogP contribution in [0.5, 0.6) is 5.75 Å². The average molecular weight is 466 g/mol. The molecule has 0 bridgehead atoms. The third-order valence-electron chi connectivity index (χ3n) is 5.61. The van der Waals surface area contributed by atoms with E-state index >= 15 is 0 Å². The predicted molar refractivity (Wildman–Crippen MR) is 129 cm³/mol. The molecule has 2 heterocycles. The Labute approximate surface area is 197 Å². The van der Waals surface area contributed by atoms with Gasteiger partial charge in [-0.2, -0.15) is 5.10 Å². The number of anilines is 1. The van der Waals surface area contributed by atoms with Crippen molar-refractivity contribution in [2.75, 3.05) is 32.3 Å². The normalized spacial score (nSPS) is 14.9. The number of aromatic nitrogens is 2. The number of carbonyl (C=O) groups excluding carboxylic acids is 2. The molecule has 172 valence electrons. The van der Waals surface area contributed by atoms with E-state index in [0.29, 0.717) is 18.7 Å². The van der Waals surface area contributed by atoms with Gasteiger partial charge < -0.3 is 20.3 Å². The van der Waals surface area contributed by atoms with E-state index in [1.807, 2.05) is 42.6 Å². The SMILES string of the molecule is COc1ccc2c(c1)C[C@H](C(=O)Nc1ccc(-c3cn[nH]c3)cc1SCC(=O)N(C)C)NC2. The Morgan fingerprint density at radius 1 is 1.18 bits per heavy atom. The fourth-order valence-corrected chi connectivity index (χ4v) is 4.65. The van der Waals surface area contributed by atoms with Gasteiger partial charge in [0, 0.05) is 37.3 Å². The molecule has 4 rings (SSSR count). The minimum atomic E-state index is -0.362. The van der Waals surface area contributed by atoms with Crippen molar-refractivity contribution in [2.45, 2.75) is 23.9 Å². The molecule has 0 spiro atoms. The first-order valence-corrected chi connectivity index (χ1v) is 11.6. The van der Waals surface area contributed by atoms with Crippen LogP contribution in [0, 0.1) is 0 Å². The third kappa shape index (κ3) is 5.37. The molecule has 0 fully saturated rings. The molecule has 1 atom stereocenters. The first-order chi connectivity index (χ1) is 15.9. The predicted octanol–water partition coefficient (Wildman–Crippen LogP) is 2.92. The molecule has 0 saturated carbocycles. The number of nitrogens with one attached hydrogen (secondary N) is 3. The molecule has 2 aromatic carbocycles. The van der Waals surface area contributed by atoms with Gasteiger partial charge in [-0.3, -0.25) is 14.7 Å². The van der Waals surface area contributed by atoms with E-state index in [2.05, 4.69) is 20.8 Å². The van der Waals surface area contributed by atoms with Crippen LogP contribution in [-0.2, 0) is 22.6 Å². The molecular weight excluding hydrogens is 438 g/mol. The lowest BCUT2D eigenvalue weighted by molar-refractivity contribution is -0.125. The largest absolute Gasteiger partial charge is 0.497 e. The lowest BCUT2D eigenvalue weighted by atomic mass is 9.95. The Balaban J connectivity index is 1.53. The van der Waals surface area contributed by atoms with Crippen molar-refractivity contribution in [2.24, 2.45) is 0 Å². The Morgan fingerprint density at radius 3 is 2.76 bits per heavy atom. The highest BCUT2D eigenvalue weighted by Crippen LogP contribution is 2.33. The topological polar surface area (TPSA) is 99.3 Å². The minimum Gasteiger partial charge on any atom is -0.497 e. The molecule has 0 aliphatic carbocycles. The second-order valence-corrected chi connectivity index (χ2v) is 9.05. The molecule has 0 unspecified atom stereocenters. The maximum atomic E-state index is 13.1. The number of thioether (sulfide) groups is 1. The Morgan fingerprint density at radius 2 is 2.03 bits per heavy atom. The molecule has 1 aliphatic rings. The van der Waals surface area contributed by atoms with Crippen LogP contribution in [0.4, 0.5) is 5.69 Å². The Hall–Kier alpha value is -3.30. The van der Waals surface area contributed by atoms with Crippen LogP contribution in [-0.4, -0.2) is 59.9 Å². The summed E-state index contributed by atoms with van der Waals surface area (Å²) in [7, 11) is 5.10. The number of aromatic amines is 1. The van der Waals surface area contributed by atoms with Crippen LogP contribution >= 0.6 is 11.8 Å². The lowest BCUT2D eigenvalue weighted by Crippen LogP contribution is -2.44. The fraction of sp³-hybridized carbons (Fsp3) is 0.292. The van der Waals surface area contributed by atoms with Crippen LogP contribution in [0.3, 0.4) is 0 Å². The zero-order valence-electron chi connectivity index (χ0n) is 18.8. The van der Waals surface area contributed by atoms with E-state index in [9.17, 15) is 9.59 Å². The summed E-state index contributed by atoms with van der Waals surface area (Å²) in [5.74, 6) is 0.958. The van der Waals surface area contributed by atoms with Crippen molar-refractivity contribution in [1.82, 2.24) is 20.4 Å². The summed E-state index contributed by atoms with van der Waals surface area (Å²) < 4.78 is 5.33. The van der Waals surface area contributed by atoms with E-state index < -0.39 is 0 Å². The van der Waals surface area contributed by atoms with E-state index in [0.717, 1.165) is 27.3 Å². The molecule has 0 radical (unpaired) electrons. The van der Waals surface area contributed by atoms with Gasteiger partial charge in [0.1, 0.15) is 5.75 Å². The minimum absolute atomic E-state index is 0.00509. The molecule has 8 nitrogen and oxygen atoms in total. The van der Waals surface area contributed by atoms with Crippen LogP contribution < -0.4 is 15.4 Å². The molecule has 9 heteroatoms. The van der Waals surface area contributed by atoms with Crippen molar-refractivity contribution in [3.63, 3.8) is 0 Å². The molecular formula is C24H27N5O3S. The van der Waals surface area contributed by atoms with Gasteiger partial charge in [-0.05, 0) is 47.4 Å². The molecule has 3 N–H and O–H groups in total. The van der Waals surface area contributed by atoms with Crippen LogP contribution in [0.2, 0.25) is 0 Å². The van der Waals surface area contributed by atoms with Crippen molar-refractivity contribution in [1.29, 1.82) is 0 Å². The first kappa shape index (κ1) is 22.9. The van der Waals surface area contributed by atoms with Gasteiger partial charge in [-0.25, -0.2) is 0 Å². The summed E-state index contributed by atoms with van der Waals surface area (Å²) >= 11 is 1.40. The second-order valence-electron chi connectivity index (χ2n) is 8.04. The van der Waals surface area contributed by atoms with Gasteiger partial charge in [-0.1, -0.05) is 12.1 Å². The quantitative estimate of drug-likeness (QED) is 0.464. The standard InChI is InChI=1S/C24H27N5O3S/c1-29(2)23(30)14-33-22-10-15(18-12-26-27-13-18)5-7-20(22)28-24(31)21-9-17-8-19(32-3)6-4-16(17)11-25-21/h4-8,10,12-13,21,25H,9,11,14H2,1-3H3,(H,26,27)(H,28,31)/t21-/m1/s1. The molecule has 3 aromatic rings. The van der Waals surface area contributed by atoms with Crippen LogP contribution in [0.1, 0.15) is 11.1 Å². The van der Waals surface area contributed by atoms with Gasteiger partial charge in [0.15, 0.2) is 0 Å². The van der Waals surface area contributed by atoms with Gasteiger partial charge in [0.25, 0.3) is 0 Å². The van der Waals surface area contributed by atoms with Crippen molar-refractivity contribution in [3.8, 4) is 16.9 Å². The number of benzene rings is 2. The maximum Gasteiger partial charge on any atom is 0.241 e. The third-order valence-corrected chi connectivity index (χ3v) is 6.65. The van der Waals surface area contributed by atoms with E-state index in [4.69, 9.17) is 4.74 Å². The number of hydrogen-bond donors (Lipinski definition) is 3. The van der Waals surface area contributed by atoms with Crippen molar-refractivity contribution >= 4 is 29.3 Å². The summed E-state index contributed by atoms with van der Waals surface area (Å²) in [6.45, 7) is 0.621. The molecule has 1 aliphatic heterocycles. The number of amides is 2. The highest BCUT2D eigenvalue weighted by molar-refractivity contribution is 8.00. The monoisotopic (exact) mass is 465 g/mol. The lowest BCUT2D eigenvalue weighted by Gasteiger charge is -2.26. The zero-order valence-corrected chi connectivity index (χ0v) is 19.7. The number of hydrogen-bond acceptors (Lipinski definition) is 6. The summed E-state index contributed by atoms with van der Waals surface area (Å²) in [5, 5.41) is 13.2. The van der Waals surface area contributed by atoms with Gasteiger partial charge >= 0.3 is 0 Å². The van der Waals surface area contributed by atoms with Crippen LogP contribution in [0.15, 0.2) is 53.7 Å². The summed E-state index contributed by atoms with van der Waals surface area (Å²) in [6, 6.07) is 11.4. The van der Waals surface area contributed by atoms with Crippen molar-refractivity contribution < 1.29 is 14.3 Å². The molecule has 2 amide bonds. The fourth-order valence-electron chi connectivity index (χ4n) is 3.62. The highest BCUT2D eigenvalue weighted by atomic mass is 32.2. The second kappa shape index (κ2) is 10.1. The molecule has 33 heavy (non-hydrogen) atoms. The van der Waals surface area contributed by atoms with Gasteiger partial charge in [0.2, 0.25) is 11.8 Å². The summed E-state index contributed by atoms with van der Waals surface area (Å²) in [6.07, 6.45) is 4.13. The number of carbonyl (C=O) groups is 2. The number of ether oxygens (including phenoxy) is 1. The smallest absolute Gasteiger partial charge is 0.241 e. The number of fused-ring (bicyclic) bond motifs is 1. The average Bonchev–Trinajstić information content (AvgIpc) is 3.37. The summed E-state index contributed by atoms with van der Waals surface area (Å²) in [4.78, 5) is 27.7. The van der Waals surface area contributed by atoms with Crippen molar-refractivity contribution in [3.05, 3.63) is 59.9 Å². The number of methoxy groups -OCH3 is 1. The Bertz CT molecular complexity index is 1150. The highest BCUT2D eigenvalue weighted by Gasteiger charge is 2.25. The van der Waals surface area contributed by atoms with Gasteiger partial charge in [0.05, 0.1) is 30.8 Å². The van der Waals surface area contributed by atoms with E-state index in [1.165, 1.54) is 17.3 Å². The molecule has 1 aromatic heterocycles. The van der Waals surface area contributed by atoms with E-state index in [-0.39, 0.29) is 23.6 Å². The number of rotatable bonds is 7. The first-order valence-electron chi connectivity index (χ1n) is 10.6. The number of H-pyrrole nitrogens is 1. The van der Waals surface area contributed by atoms with Crippen LogP contribution in [0.25, 0.3) is 11.1 Å². The van der Waals surface area contributed by atoms with Gasteiger partial charge in [-0.15, -0.1) is 11.8 Å². The summed E-state index contributed by atoms with van der Waals surface area (Å²) in [5.41, 5.74) is 4.85. The zero-order chi connectivity index (χ0) is 23.4. The van der Waals surface area contributed by atoms with E-state index in [1.54, 1.807) is 32.3 Å². The molecule has 0 saturated heterocycles. The Kier molecular flexibility index (Phi) is 7.00. The number of nitrogens with zero attached hydrogens (tertiary/aromatic N) is 2. The maximum absolute atomic E-state index is 13.1.